The highest BCUT2D eigenvalue weighted by molar-refractivity contribution is 6.04. The van der Waals surface area contributed by atoms with Crippen molar-refractivity contribution in [2.45, 2.75) is 19.8 Å². The van der Waals surface area contributed by atoms with Crippen LogP contribution < -0.4 is 0 Å². The molecule has 0 spiro atoms. The fourth-order valence-corrected chi connectivity index (χ4v) is 3.82. The summed E-state index contributed by atoms with van der Waals surface area (Å²) in [5.74, 6) is 1.08. The molecule has 5 rings (SSSR count). The zero-order valence-electron chi connectivity index (χ0n) is 15.5. The Labute approximate surface area is 157 Å². The van der Waals surface area contributed by atoms with E-state index in [0.29, 0.717) is 0 Å². The van der Waals surface area contributed by atoms with Crippen LogP contribution >= 0.6 is 0 Å². The van der Waals surface area contributed by atoms with Crippen LogP contribution in [0.1, 0.15) is 17.1 Å². The minimum absolute atomic E-state index is 0.858. The van der Waals surface area contributed by atoms with E-state index < -0.39 is 0 Å². The van der Waals surface area contributed by atoms with Gasteiger partial charge in [-0.1, -0.05) is 24.3 Å². The van der Waals surface area contributed by atoms with Crippen LogP contribution in [0.15, 0.2) is 60.8 Å². The molecule has 0 fully saturated rings. The largest absolute Gasteiger partial charge is 0.331 e. The van der Waals surface area contributed by atoms with E-state index in [9.17, 15) is 0 Å². The predicted octanol–water partition coefficient (Wildman–Crippen LogP) is 4.76. The van der Waals surface area contributed by atoms with E-state index in [1.165, 1.54) is 10.9 Å². The molecule has 0 atom stereocenters. The predicted molar refractivity (Wildman–Crippen MR) is 110 cm³/mol. The van der Waals surface area contributed by atoms with Crippen molar-refractivity contribution in [2.24, 2.45) is 7.05 Å². The van der Waals surface area contributed by atoms with Crippen molar-refractivity contribution in [3.05, 3.63) is 77.9 Å². The average Bonchev–Trinajstić information content (AvgIpc) is 3.02. The molecule has 0 saturated carbocycles. The van der Waals surface area contributed by atoms with Gasteiger partial charge >= 0.3 is 0 Å². The number of nitrogens with zero attached hydrogens (tertiary/aromatic N) is 4. The normalized spacial score (nSPS) is 11.6. The first-order chi connectivity index (χ1) is 13.2. The number of aromatic nitrogens is 4. The molecule has 132 valence electrons. The molecule has 0 unspecified atom stereocenters. The molecule has 5 aromatic rings. The van der Waals surface area contributed by atoms with Crippen LogP contribution in [0.4, 0.5) is 0 Å². The Hall–Kier alpha value is -3.27. The number of rotatable bonds is 3. The zero-order chi connectivity index (χ0) is 18.4. The third-order valence-electron chi connectivity index (χ3n) is 5.28. The number of hydrogen-bond acceptors (Lipinski definition) is 3. The number of benzene rings is 2. The highest BCUT2D eigenvalue weighted by Gasteiger charge is 2.13. The van der Waals surface area contributed by atoms with Crippen LogP contribution in [0.25, 0.3) is 32.8 Å². The Balaban J connectivity index is 1.53. The molecular weight excluding hydrogens is 332 g/mol. The first-order valence-corrected chi connectivity index (χ1v) is 9.25. The maximum Gasteiger partial charge on any atom is 0.110 e. The summed E-state index contributed by atoms with van der Waals surface area (Å²) in [7, 11) is 2.10. The van der Waals surface area contributed by atoms with Gasteiger partial charge in [0.1, 0.15) is 5.82 Å². The summed E-state index contributed by atoms with van der Waals surface area (Å²) in [5.41, 5.74) is 6.56. The van der Waals surface area contributed by atoms with Gasteiger partial charge in [-0.25, -0.2) is 4.98 Å². The minimum atomic E-state index is 0.858. The standard InChI is InChI=1S/C23H20N4/c1-15-14-20-23(18-7-5-13-24-22(15)18)26-21(27(20)2)12-11-17-10-9-16-6-3-4-8-19(16)25-17/h3-10,13-14H,11-12H2,1-2H3. The summed E-state index contributed by atoms with van der Waals surface area (Å²) in [6, 6.07) is 18.8. The van der Waals surface area contributed by atoms with Crippen molar-refractivity contribution < 1.29 is 0 Å². The number of aryl methyl sites for hydroxylation is 4. The van der Waals surface area contributed by atoms with Crippen molar-refractivity contribution in [1.82, 2.24) is 19.5 Å². The van der Waals surface area contributed by atoms with E-state index in [-0.39, 0.29) is 0 Å². The van der Waals surface area contributed by atoms with Crippen LogP contribution in [0, 0.1) is 6.92 Å². The zero-order valence-corrected chi connectivity index (χ0v) is 15.5. The third-order valence-corrected chi connectivity index (χ3v) is 5.28. The SMILES string of the molecule is Cc1cc2c(nc(CCc3ccc4ccccc4n3)n2C)c2cccnc12. The summed E-state index contributed by atoms with van der Waals surface area (Å²) in [4.78, 5) is 14.3. The Kier molecular flexibility index (Phi) is 3.64. The van der Waals surface area contributed by atoms with Crippen molar-refractivity contribution in [2.75, 3.05) is 0 Å². The number of imidazole rings is 1. The molecule has 0 aliphatic carbocycles. The third kappa shape index (κ3) is 2.65. The molecule has 0 radical (unpaired) electrons. The van der Waals surface area contributed by atoms with Crippen molar-refractivity contribution in [3.63, 3.8) is 0 Å². The molecule has 2 aromatic carbocycles. The van der Waals surface area contributed by atoms with Gasteiger partial charge in [-0.3, -0.25) is 9.97 Å². The molecule has 27 heavy (non-hydrogen) atoms. The van der Waals surface area contributed by atoms with Gasteiger partial charge < -0.3 is 4.57 Å². The second-order valence-corrected chi connectivity index (χ2v) is 7.04. The summed E-state index contributed by atoms with van der Waals surface area (Å²) in [6.07, 6.45) is 3.57. The quantitative estimate of drug-likeness (QED) is 0.470. The molecule has 4 heteroatoms. The van der Waals surface area contributed by atoms with E-state index in [4.69, 9.17) is 9.97 Å². The van der Waals surface area contributed by atoms with Gasteiger partial charge in [0.15, 0.2) is 0 Å². The molecule has 0 saturated heterocycles. The number of fused-ring (bicyclic) bond motifs is 4. The lowest BCUT2D eigenvalue weighted by atomic mass is 10.1. The van der Waals surface area contributed by atoms with Gasteiger partial charge in [0.2, 0.25) is 0 Å². The van der Waals surface area contributed by atoms with Crippen molar-refractivity contribution in [3.8, 4) is 0 Å². The lowest BCUT2D eigenvalue weighted by Gasteiger charge is -2.05. The van der Waals surface area contributed by atoms with Crippen molar-refractivity contribution >= 4 is 32.8 Å². The van der Waals surface area contributed by atoms with Gasteiger partial charge in [0.25, 0.3) is 0 Å². The van der Waals surface area contributed by atoms with Crippen LogP contribution in [0.2, 0.25) is 0 Å². The van der Waals surface area contributed by atoms with E-state index in [2.05, 4.69) is 59.9 Å². The first kappa shape index (κ1) is 15.9. The highest BCUT2D eigenvalue weighted by Crippen LogP contribution is 2.27. The summed E-state index contributed by atoms with van der Waals surface area (Å²) < 4.78 is 2.20. The van der Waals surface area contributed by atoms with Gasteiger partial charge in [-0.2, -0.15) is 0 Å². The van der Waals surface area contributed by atoms with Crippen molar-refractivity contribution in [1.29, 1.82) is 0 Å². The van der Waals surface area contributed by atoms with E-state index in [1.54, 1.807) is 0 Å². The molecule has 0 aliphatic rings. The molecular formula is C23H20N4. The molecule has 0 aliphatic heterocycles. The Morgan fingerprint density at radius 1 is 0.889 bits per heavy atom. The number of hydrogen-bond donors (Lipinski definition) is 0. The maximum absolute atomic E-state index is 4.95. The fraction of sp³-hybridized carbons (Fsp3) is 0.174. The molecule has 0 bridgehead atoms. The van der Waals surface area contributed by atoms with Gasteiger partial charge in [0, 0.05) is 36.1 Å². The molecule has 0 N–H and O–H groups in total. The molecule has 3 aromatic heterocycles. The van der Waals surface area contributed by atoms with Gasteiger partial charge in [-0.15, -0.1) is 0 Å². The van der Waals surface area contributed by atoms with Crippen LogP contribution in [-0.2, 0) is 19.9 Å². The van der Waals surface area contributed by atoms with Gasteiger partial charge in [-0.05, 0) is 49.2 Å². The number of pyridine rings is 2. The second kappa shape index (κ2) is 6.16. The van der Waals surface area contributed by atoms with Gasteiger partial charge in [0.05, 0.1) is 22.1 Å². The summed E-state index contributed by atoms with van der Waals surface area (Å²) in [5, 5.41) is 2.30. The monoisotopic (exact) mass is 352 g/mol. The molecule has 3 heterocycles. The smallest absolute Gasteiger partial charge is 0.110 e. The molecule has 4 nitrogen and oxygen atoms in total. The average molecular weight is 352 g/mol. The van der Waals surface area contributed by atoms with E-state index in [0.717, 1.165) is 51.8 Å². The second-order valence-electron chi connectivity index (χ2n) is 7.04. The maximum atomic E-state index is 4.95. The summed E-state index contributed by atoms with van der Waals surface area (Å²) >= 11 is 0. The van der Waals surface area contributed by atoms with Crippen LogP contribution in [0.3, 0.4) is 0 Å². The number of para-hydroxylation sites is 1. The lowest BCUT2D eigenvalue weighted by Crippen LogP contribution is -2.01. The Morgan fingerprint density at radius 2 is 1.78 bits per heavy atom. The minimum Gasteiger partial charge on any atom is -0.331 e. The van der Waals surface area contributed by atoms with E-state index in [1.807, 2.05) is 24.4 Å². The highest BCUT2D eigenvalue weighted by atomic mass is 15.1. The molecule has 0 amide bonds. The first-order valence-electron chi connectivity index (χ1n) is 9.25. The fourth-order valence-electron chi connectivity index (χ4n) is 3.82. The summed E-state index contributed by atoms with van der Waals surface area (Å²) in [6.45, 7) is 2.11. The topological polar surface area (TPSA) is 43.6 Å². The lowest BCUT2D eigenvalue weighted by molar-refractivity contribution is 0.778. The Bertz CT molecular complexity index is 1300. The van der Waals surface area contributed by atoms with Crippen LogP contribution in [0.5, 0.6) is 0 Å². The Morgan fingerprint density at radius 3 is 2.70 bits per heavy atom. The van der Waals surface area contributed by atoms with E-state index >= 15 is 0 Å². The van der Waals surface area contributed by atoms with Crippen LogP contribution in [-0.4, -0.2) is 19.5 Å².